The van der Waals surface area contributed by atoms with Crippen LogP contribution in [0.25, 0.3) is 11.0 Å². The zero-order valence-corrected chi connectivity index (χ0v) is 13.6. The Bertz CT molecular complexity index is 775. The van der Waals surface area contributed by atoms with E-state index in [9.17, 15) is 5.11 Å². The number of hydrogen-bond donors (Lipinski definition) is 1. The second-order valence-electron chi connectivity index (χ2n) is 5.47. The molecule has 0 aliphatic carbocycles. The van der Waals surface area contributed by atoms with Gasteiger partial charge in [0, 0.05) is 16.9 Å². The van der Waals surface area contributed by atoms with Crippen molar-refractivity contribution >= 4 is 27.0 Å². The Balaban J connectivity index is 2.08. The molecule has 0 saturated carbocycles. The molecule has 0 spiro atoms. The van der Waals surface area contributed by atoms with Crippen molar-refractivity contribution in [1.29, 1.82) is 0 Å². The zero-order valence-electron chi connectivity index (χ0n) is 12.0. The van der Waals surface area contributed by atoms with E-state index < -0.39 is 0 Å². The van der Waals surface area contributed by atoms with Crippen LogP contribution in [0.1, 0.15) is 31.3 Å². The molecule has 1 heterocycles. The van der Waals surface area contributed by atoms with Gasteiger partial charge in [-0.2, -0.15) is 0 Å². The smallest absolute Gasteiger partial charge is 0.115 e. The van der Waals surface area contributed by atoms with Crippen molar-refractivity contribution in [3.8, 4) is 5.75 Å². The minimum Gasteiger partial charge on any atom is -0.508 e. The van der Waals surface area contributed by atoms with Crippen LogP contribution in [-0.2, 0) is 6.42 Å². The fourth-order valence-electron chi connectivity index (χ4n) is 2.61. The number of aromatic hydroxyl groups is 1. The average Bonchev–Trinajstić information content (AvgIpc) is 2.78. The molecule has 1 aromatic heterocycles. The summed E-state index contributed by atoms with van der Waals surface area (Å²) in [5.41, 5.74) is 3.30. The van der Waals surface area contributed by atoms with Crippen LogP contribution < -0.4 is 0 Å². The first kappa shape index (κ1) is 14.1. The van der Waals surface area contributed by atoms with Gasteiger partial charge in [-0.25, -0.2) is 4.98 Å². The molecule has 3 nitrogen and oxygen atoms in total. The van der Waals surface area contributed by atoms with Crippen LogP contribution in [0.5, 0.6) is 5.75 Å². The van der Waals surface area contributed by atoms with E-state index in [0.717, 1.165) is 33.3 Å². The van der Waals surface area contributed by atoms with Gasteiger partial charge in [-0.15, -0.1) is 0 Å². The fraction of sp³-hybridized carbons (Fsp3) is 0.235. The predicted molar refractivity (Wildman–Crippen MR) is 88.7 cm³/mol. The third-order valence-electron chi connectivity index (χ3n) is 3.54. The maximum atomic E-state index is 9.38. The summed E-state index contributed by atoms with van der Waals surface area (Å²) < 4.78 is 3.33. The summed E-state index contributed by atoms with van der Waals surface area (Å²) in [5, 5.41) is 9.38. The standard InChI is InChI=1S/C17H17BrN2O/c1-11(2)20-16-10-13(18)5-8-15(16)19-17(20)9-12-3-6-14(21)7-4-12/h3-8,10-11,21H,9H2,1-2H3. The van der Waals surface area contributed by atoms with E-state index in [2.05, 4.69) is 40.4 Å². The molecule has 108 valence electrons. The summed E-state index contributed by atoms with van der Waals surface area (Å²) in [6, 6.07) is 13.8. The number of hydrogen-bond acceptors (Lipinski definition) is 2. The summed E-state index contributed by atoms with van der Waals surface area (Å²) in [5.74, 6) is 1.34. The van der Waals surface area contributed by atoms with Crippen LogP contribution >= 0.6 is 15.9 Å². The highest BCUT2D eigenvalue weighted by Crippen LogP contribution is 2.26. The van der Waals surface area contributed by atoms with E-state index in [1.54, 1.807) is 12.1 Å². The largest absolute Gasteiger partial charge is 0.508 e. The van der Waals surface area contributed by atoms with Gasteiger partial charge in [-0.05, 0) is 49.7 Å². The molecular weight excluding hydrogens is 328 g/mol. The molecular formula is C17H17BrN2O. The van der Waals surface area contributed by atoms with Crippen LogP contribution in [-0.4, -0.2) is 14.7 Å². The molecule has 4 heteroatoms. The van der Waals surface area contributed by atoms with Crippen molar-refractivity contribution in [2.75, 3.05) is 0 Å². The quantitative estimate of drug-likeness (QED) is 0.749. The molecule has 0 saturated heterocycles. The van der Waals surface area contributed by atoms with Crippen LogP contribution in [0.15, 0.2) is 46.9 Å². The van der Waals surface area contributed by atoms with Gasteiger partial charge in [-0.1, -0.05) is 28.1 Å². The first-order valence-corrected chi connectivity index (χ1v) is 7.78. The Morgan fingerprint density at radius 1 is 1.14 bits per heavy atom. The lowest BCUT2D eigenvalue weighted by molar-refractivity contribution is 0.475. The minimum absolute atomic E-state index is 0.292. The van der Waals surface area contributed by atoms with Crippen molar-refractivity contribution in [3.63, 3.8) is 0 Å². The molecule has 0 atom stereocenters. The van der Waals surface area contributed by atoms with E-state index in [1.165, 1.54) is 0 Å². The number of nitrogens with zero attached hydrogens (tertiary/aromatic N) is 2. The molecule has 0 aliphatic heterocycles. The summed E-state index contributed by atoms with van der Waals surface area (Å²) in [6.45, 7) is 4.34. The van der Waals surface area contributed by atoms with Crippen molar-refractivity contribution in [2.45, 2.75) is 26.3 Å². The molecule has 0 radical (unpaired) electrons. The normalized spacial score (nSPS) is 11.4. The molecule has 0 amide bonds. The summed E-state index contributed by atoms with van der Waals surface area (Å²) >= 11 is 3.53. The molecule has 0 unspecified atom stereocenters. The molecule has 1 N–H and O–H groups in total. The average molecular weight is 345 g/mol. The Morgan fingerprint density at radius 3 is 2.52 bits per heavy atom. The van der Waals surface area contributed by atoms with Crippen LogP contribution in [0.3, 0.4) is 0 Å². The topological polar surface area (TPSA) is 38.0 Å². The van der Waals surface area contributed by atoms with Gasteiger partial charge in [-0.3, -0.25) is 0 Å². The molecule has 3 rings (SSSR count). The summed E-state index contributed by atoms with van der Waals surface area (Å²) in [6.07, 6.45) is 0.755. The van der Waals surface area contributed by atoms with Gasteiger partial charge < -0.3 is 9.67 Å². The highest BCUT2D eigenvalue weighted by molar-refractivity contribution is 9.10. The fourth-order valence-corrected chi connectivity index (χ4v) is 2.96. The second-order valence-corrected chi connectivity index (χ2v) is 6.38. The number of benzene rings is 2. The van der Waals surface area contributed by atoms with Gasteiger partial charge in [0.15, 0.2) is 0 Å². The van der Waals surface area contributed by atoms with Crippen LogP contribution in [0.2, 0.25) is 0 Å². The summed E-state index contributed by atoms with van der Waals surface area (Å²) in [7, 11) is 0. The van der Waals surface area contributed by atoms with Gasteiger partial charge in [0.25, 0.3) is 0 Å². The zero-order chi connectivity index (χ0) is 15.0. The Kier molecular flexibility index (Phi) is 3.72. The van der Waals surface area contributed by atoms with Crippen molar-refractivity contribution in [1.82, 2.24) is 9.55 Å². The Morgan fingerprint density at radius 2 is 1.86 bits per heavy atom. The van der Waals surface area contributed by atoms with Crippen molar-refractivity contribution in [2.24, 2.45) is 0 Å². The number of aromatic nitrogens is 2. The van der Waals surface area contributed by atoms with Gasteiger partial charge in [0.1, 0.15) is 11.6 Å². The monoisotopic (exact) mass is 344 g/mol. The first-order chi connectivity index (χ1) is 10.0. The number of fused-ring (bicyclic) bond motifs is 1. The minimum atomic E-state index is 0.292. The lowest BCUT2D eigenvalue weighted by atomic mass is 10.1. The number of rotatable bonds is 3. The second kappa shape index (κ2) is 5.53. The van der Waals surface area contributed by atoms with E-state index in [-0.39, 0.29) is 0 Å². The van der Waals surface area contributed by atoms with E-state index >= 15 is 0 Å². The lowest BCUT2D eigenvalue weighted by Crippen LogP contribution is -2.06. The number of halogens is 1. The molecule has 2 aromatic carbocycles. The maximum absolute atomic E-state index is 9.38. The Hall–Kier alpha value is -1.81. The van der Waals surface area contributed by atoms with Crippen molar-refractivity contribution < 1.29 is 5.11 Å². The lowest BCUT2D eigenvalue weighted by Gasteiger charge is -2.13. The predicted octanol–water partition coefficient (Wildman–Crippen LogP) is 4.68. The third kappa shape index (κ3) is 2.81. The van der Waals surface area contributed by atoms with Gasteiger partial charge in [0.05, 0.1) is 11.0 Å². The molecule has 21 heavy (non-hydrogen) atoms. The van der Waals surface area contributed by atoms with Gasteiger partial charge in [0.2, 0.25) is 0 Å². The van der Waals surface area contributed by atoms with Crippen molar-refractivity contribution in [3.05, 3.63) is 58.3 Å². The van der Waals surface area contributed by atoms with E-state index in [4.69, 9.17) is 4.98 Å². The SMILES string of the molecule is CC(C)n1c(Cc2ccc(O)cc2)nc2ccc(Br)cc21. The van der Waals surface area contributed by atoms with E-state index in [1.807, 2.05) is 24.3 Å². The maximum Gasteiger partial charge on any atom is 0.115 e. The number of phenols is 1. The molecule has 0 aliphatic rings. The van der Waals surface area contributed by atoms with Gasteiger partial charge >= 0.3 is 0 Å². The third-order valence-corrected chi connectivity index (χ3v) is 4.03. The summed E-state index contributed by atoms with van der Waals surface area (Å²) in [4.78, 5) is 4.77. The molecule has 0 bridgehead atoms. The molecule has 0 fully saturated rings. The Labute approximate surface area is 132 Å². The molecule has 3 aromatic rings. The highest BCUT2D eigenvalue weighted by atomic mass is 79.9. The van der Waals surface area contributed by atoms with Crippen LogP contribution in [0, 0.1) is 0 Å². The number of imidazole rings is 1. The highest BCUT2D eigenvalue weighted by Gasteiger charge is 2.14. The van der Waals surface area contributed by atoms with Crippen LogP contribution in [0.4, 0.5) is 0 Å². The van der Waals surface area contributed by atoms with E-state index in [0.29, 0.717) is 11.8 Å². The first-order valence-electron chi connectivity index (χ1n) is 6.99. The number of phenolic OH excluding ortho intramolecular Hbond substituents is 1.